The lowest BCUT2D eigenvalue weighted by molar-refractivity contribution is 0.306. The quantitative estimate of drug-likeness (QED) is 0.468. The molecule has 0 saturated heterocycles. The zero-order valence-corrected chi connectivity index (χ0v) is 17.8. The molecule has 0 radical (unpaired) electrons. The van der Waals surface area contributed by atoms with Gasteiger partial charge in [0.15, 0.2) is 0 Å². The summed E-state index contributed by atoms with van der Waals surface area (Å²) >= 11 is 0. The molecule has 7 heteroatoms. The summed E-state index contributed by atoms with van der Waals surface area (Å²) in [5, 5.41) is 7.90. The summed E-state index contributed by atoms with van der Waals surface area (Å²) in [4.78, 5) is 4.39. The van der Waals surface area contributed by atoms with Crippen LogP contribution in [0.5, 0.6) is 11.5 Å². The molecule has 3 N–H and O–H groups in total. The zero-order valence-electron chi connectivity index (χ0n) is 17.8. The van der Waals surface area contributed by atoms with Crippen LogP contribution in [0, 0.1) is 0 Å². The minimum atomic E-state index is -0.00424. The number of nitrogens with zero attached hydrogens (tertiary/aromatic N) is 3. The Kier molecular flexibility index (Phi) is 5.37. The summed E-state index contributed by atoms with van der Waals surface area (Å²) in [6.45, 7) is 0.537. The van der Waals surface area contributed by atoms with E-state index in [1.807, 2.05) is 53.2 Å². The molecule has 0 amide bonds. The maximum atomic E-state index is 5.94. The van der Waals surface area contributed by atoms with Crippen LogP contribution in [-0.2, 0) is 6.61 Å². The molecule has 4 aromatic rings. The van der Waals surface area contributed by atoms with Crippen LogP contribution in [0.15, 0.2) is 78.9 Å². The van der Waals surface area contributed by atoms with Crippen molar-refractivity contribution in [1.29, 1.82) is 0 Å². The van der Waals surface area contributed by atoms with Crippen LogP contribution in [0.1, 0.15) is 35.2 Å². The predicted octanol–water partition coefficient (Wildman–Crippen LogP) is 4.59. The van der Waals surface area contributed by atoms with Crippen molar-refractivity contribution >= 4 is 11.9 Å². The molecule has 0 fully saturated rings. The highest BCUT2D eigenvalue weighted by Crippen LogP contribution is 2.39. The molecule has 3 aromatic carbocycles. The Morgan fingerprint density at radius 2 is 1.78 bits per heavy atom. The summed E-state index contributed by atoms with van der Waals surface area (Å²) < 4.78 is 13.2. The summed E-state index contributed by atoms with van der Waals surface area (Å²) in [5.41, 5.74) is 9.31. The lowest BCUT2D eigenvalue weighted by Gasteiger charge is -2.31. The molecule has 1 aliphatic heterocycles. The smallest absolute Gasteiger partial charge is 0.241 e. The zero-order chi connectivity index (χ0) is 21.9. The third kappa shape index (κ3) is 4.09. The van der Waals surface area contributed by atoms with Crippen molar-refractivity contribution in [2.45, 2.75) is 25.1 Å². The average Bonchev–Trinajstić information content (AvgIpc) is 3.23. The van der Waals surface area contributed by atoms with Gasteiger partial charge in [-0.25, -0.2) is 4.68 Å². The van der Waals surface area contributed by atoms with Crippen molar-refractivity contribution in [2.24, 2.45) is 0 Å². The van der Waals surface area contributed by atoms with Gasteiger partial charge in [0.25, 0.3) is 0 Å². The number of fused-ring (bicyclic) bond motifs is 1. The number of benzene rings is 3. The average molecular weight is 428 g/mol. The van der Waals surface area contributed by atoms with Gasteiger partial charge < -0.3 is 20.5 Å². The minimum Gasteiger partial charge on any atom is -0.497 e. The maximum Gasteiger partial charge on any atom is 0.241 e. The van der Waals surface area contributed by atoms with Crippen LogP contribution >= 0.6 is 0 Å². The number of methoxy groups -OCH3 is 1. The molecule has 0 spiro atoms. The van der Waals surface area contributed by atoms with Crippen LogP contribution < -0.4 is 20.5 Å². The number of nitrogens with two attached hydrogens (primary N) is 1. The van der Waals surface area contributed by atoms with E-state index in [0.29, 0.717) is 12.6 Å². The van der Waals surface area contributed by atoms with Crippen LogP contribution in [0.25, 0.3) is 0 Å². The predicted molar refractivity (Wildman–Crippen MR) is 124 cm³/mol. The number of aromatic nitrogens is 3. The van der Waals surface area contributed by atoms with Crippen LogP contribution in [0.4, 0.5) is 11.9 Å². The molecular formula is C25H25N5O2. The first-order valence-corrected chi connectivity index (χ1v) is 10.6. The number of hydrogen-bond acceptors (Lipinski definition) is 6. The monoisotopic (exact) mass is 427 g/mol. The fourth-order valence-corrected chi connectivity index (χ4v) is 4.08. The molecule has 32 heavy (non-hydrogen) atoms. The maximum absolute atomic E-state index is 5.94. The van der Waals surface area contributed by atoms with E-state index in [1.165, 1.54) is 0 Å². The van der Waals surface area contributed by atoms with Gasteiger partial charge in [-0.05, 0) is 47.4 Å². The molecule has 2 unspecified atom stereocenters. The molecule has 1 aliphatic rings. The van der Waals surface area contributed by atoms with Gasteiger partial charge in [-0.2, -0.15) is 4.98 Å². The molecule has 0 bridgehead atoms. The highest BCUT2D eigenvalue weighted by molar-refractivity contribution is 5.43. The van der Waals surface area contributed by atoms with Gasteiger partial charge in [0.05, 0.1) is 19.2 Å². The minimum absolute atomic E-state index is 0.00424. The van der Waals surface area contributed by atoms with E-state index in [2.05, 4.69) is 45.7 Å². The van der Waals surface area contributed by atoms with E-state index in [4.69, 9.17) is 15.2 Å². The van der Waals surface area contributed by atoms with Gasteiger partial charge >= 0.3 is 0 Å². The van der Waals surface area contributed by atoms with Gasteiger partial charge in [0.2, 0.25) is 11.9 Å². The van der Waals surface area contributed by atoms with Crippen molar-refractivity contribution in [3.63, 3.8) is 0 Å². The fourth-order valence-electron chi connectivity index (χ4n) is 4.08. The Bertz CT molecular complexity index is 1190. The Labute approximate surface area is 186 Å². The summed E-state index contributed by atoms with van der Waals surface area (Å²) in [6.07, 6.45) is 0.799. The van der Waals surface area contributed by atoms with E-state index in [9.17, 15) is 0 Å². The largest absolute Gasteiger partial charge is 0.497 e. The second kappa shape index (κ2) is 8.63. The number of ether oxygens (including phenoxy) is 2. The first kappa shape index (κ1) is 19.9. The Balaban J connectivity index is 1.38. The molecule has 162 valence electrons. The normalized spacial score (nSPS) is 17.3. The lowest BCUT2D eigenvalue weighted by atomic mass is 9.93. The molecule has 1 aromatic heterocycles. The summed E-state index contributed by atoms with van der Waals surface area (Å²) in [6, 6.07) is 26.4. The van der Waals surface area contributed by atoms with Crippen LogP contribution in [0.3, 0.4) is 0 Å². The summed E-state index contributed by atoms with van der Waals surface area (Å²) in [5.74, 6) is 2.57. The van der Waals surface area contributed by atoms with Gasteiger partial charge in [-0.15, -0.1) is 5.10 Å². The fraction of sp³-hybridized carbons (Fsp3) is 0.200. The van der Waals surface area contributed by atoms with E-state index in [1.54, 1.807) is 7.11 Å². The standard InChI is InChI=1S/C25H25N5O2/c1-31-21-9-5-8-19(14-21)22-15-23(30-25(27-22)28-24(26)29-30)18-10-12-20(13-11-18)32-16-17-6-3-2-4-7-17/h2-14,22-23H,15-16H2,1H3,(H3,26,27,28,29). The first-order valence-electron chi connectivity index (χ1n) is 10.6. The number of hydrogen-bond donors (Lipinski definition) is 2. The van der Waals surface area contributed by atoms with Crippen molar-refractivity contribution in [2.75, 3.05) is 18.2 Å². The molecular weight excluding hydrogens is 402 g/mol. The number of rotatable bonds is 6. The molecule has 2 atom stereocenters. The van der Waals surface area contributed by atoms with Crippen molar-refractivity contribution < 1.29 is 9.47 Å². The van der Waals surface area contributed by atoms with E-state index < -0.39 is 0 Å². The molecule has 7 nitrogen and oxygen atoms in total. The Hall–Kier alpha value is -4.00. The summed E-state index contributed by atoms with van der Waals surface area (Å²) in [7, 11) is 1.68. The third-order valence-electron chi connectivity index (χ3n) is 5.71. The Morgan fingerprint density at radius 3 is 2.56 bits per heavy atom. The highest BCUT2D eigenvalue weighted by atomic mass is 16.5. The number of nitrogen functional groups attached to an aromatic ring is 1. The van der Waals surface area contributed by atoms with E-state index >= 15 is 0 Å². The van der Waals surface area contributed by atoms with Crippen molar-refractivity contribution in [1.82, 2.24) is 14.8 Å². The molecule has 0 aliphatic carbocycles. The van der Waals surface area contributed by atoms with Gasteiger partial charge in [-0.1, -0.05) is 54.6 Å². The van der Waals surface area contributed by atoms with Gasteiger partial charge in [0.1, 0.15) is 18.1 Å². The van der Waals surface area contributed by atoms with Gasteiger partial charge in [0, 0.05) is 0 Å². The van der Waals surface area contributed by atoms with Gasteiger partial charge in [-0.3, -0.25) is 0 Å². The SMILES string of the molecule is COc1cccc(C2CC(c3ccc(OCc4ccccc4)cc3)n3nc(N)nc3N2)c1. The van der Waals surface area contributed by atoms with Crippen LogP contribution in [-0.4, -0.2) is 21.9 Å². The van der Waals surface area contributed by atoms with Crippen molar-refractivity contribution in [3.05, 3.63) is 95.6 Å². The third-order valence-corrected chi connectivity index (χ3v) is 5.71. The van der Waals surface area contributed by atoms with E-state index in [-0.39, 0.29) is 18.0 Å². The first-order chi connectivity index (χ1) is 15.7. The second-order valence-electron chi connectivity index (χ2n) is 7.81. The molecule has 5 rings (SSSR count). The van der Waals surface area contributed by atoms with Crippen molar-refractivity contribution in [3.8, 4) is 11.5 Å². The number of nitrogens with one attached hydrogen (secondary N) is 1. The molecule has 0 saturated carbocycles. The second-order valence-corrected chi connectivity index (χ2v) is 7.81. The number of anilines is 2. The van der Waals surface area contributed by atoms with E-state index in [0.717, 1.165) is 34.6 Å². The highest BCUT2D eigenvalue weighted by Gasteiger charge is 2.31. The topological polar surface area (TPSA) is 87.2 Å². The Morgan fingerprint density at radius 1 is 0.969 bits per heavy atom. The molecule has 2 heterocycles. The van der Waals surface area contributed by atoms with Crippen LogP contribution in [0.2, 0.25) is 0 Å². The lowest BCUT2D eigenvalue weighted by Crippen LogP contribution is -2.28.